The number of benzene rings is 1. The monoisotopic (exact) mass is 392 g/mol. The van der Waals surface area contributed by atoms with Crippen LogP contribution in [0, 0.1) is 5.92 Å². The first kappa shape index (κ1) is 23.7. The van der Waals surface area contributed by atoms with Crippen LogP contribution in [0.25, 0.3) is 0 Å². The number of esters is 1. The standard InChI is InChI=1S/C22H32O6/c1-16(2)11-9-7-5-3-4-6-8-10-14-28-22(27)19-15-17(20(23)24)12-13-18(19)21(25)26/h12-13,15-16H,3-11,14H2,1-2H3,(H,23,24)(H,25,26). The Morgan fingerprint density at radius 1 is 0.821 bits per heavy atom. The molecule has 0 spiro atoms. The van der Waals surface area contributed by atoms with Crippen LogP contribution < -0.4 is 0 Å². The van der Waals surface area contributed by atoms with Crippen LogP contribution in [0.15, 0.2) is 18.2 Å². The van der Waals surface area contributed by atoms with Gasteiger partial charge in [0.2, 0.25) is 0 Å². The minimum Gasteiger partial charge on any atom is -0.478 e. The normalized spacial score (nSPS) is 10.8. The summed E-state index contributed by atoms with van der Waals surface area (Å²) in [6, 6.07) is 3.32. The smallest absolute Gasteiger partial charge is 0.339 e. The van der Waals surface area contributed by atoms with Crippen LogP contribution >= 0.6 is 0 Å². The Kier molecular flexibility index (Phi) is 10.9. The summed E-state index contributed by atoms with van der Waals surface area (Å²) in [5.74, 6) is -2.54. The van der Waals surface area contributed by atoms with E-state index < -0.39 is 17.9 Å². The molecule has 6 nitrogen and oxygen atoms in total. The molecule has 156 valence electrons. The summed E-state index contributed by atoms with van der Waals surface area (Å²) in [6.07, 6.45) is 10.3. The third kappa shape index (κ3) is 9.02. The van der Waals surface area contributed by atoms with Crippen molar-refractivity contribution in [3.8, 4) is 0 Å². The summed E-state index contributed by atoms with van der Waals surface area (Å²) in [5, 5.41) is 18.2. The number of aromatic carboxylic acids is 2. The number of carbonyl (C=O) groups excluding carboxylic acids is 1. The van der Waals surface area contributed by atoms with Crippen molar-refractivity contribution in [2.75, 3.05) is 6.61 Å². The van der Waals surface area contributed by atoms with E-state index >= 15 is 0 Å². The van der Waals surface area contributed by atoms with Crippen LogP contribution in [0.5, 0.6) is 0 Å². The molecule has 0 aliphatic carbocycles. The predicted octanol–water partition coefficient (Wildman–Crippen LogP) is 5.41. The van der Waals surface area contributed by atoms with Crippen molar-refractivity contribution >= 4 is 17.9 Å². The lowest BCUT2D eigenvalue weighted by atomic mass is 10.0. The molecular weight excluding hydrogens is 360 g/mol. The van der Waals surface area contributed by atoms with Gasteiger partial charge in [0.1, 0.15) is 0 Å². The van der Waals surface area contributed by atoms with Crippen LogP contribution in [-0.4, -0.2) is 34.7 Å². The van der Waals surface area contributed by atoms with Gasteiger partial charge in [0.25, 0.3) is 0 Å². The van der Waals surface area contributed by atoms with Crippen LogP contribution in [0.4, 0.5) is 0 Å². The number of hydrogen-bond donors (Lipinski definition) is 2. The van der Waals surface area contributed by atoms with E-state index in [9.17, 15) is 14.4 Å². The zero-order chi connectivity index (χ0) is 20.9. The Bertz CT molecular complexity index is 650. The molecule has 0 saturated heterocycles. The van der Waals surface area contributed by atoms with Crippen molar-refractivity contribution in [2.45, 2.75) is 71.6 Å². The van der Waals surface area contributed by atoms with Gasteiger partial charge in [-0.2, -0.15) is 0 Å². The lowest BCUT2D eigenvalue weighted by Crippen LogP contribution is -2.14. The lowest BCUT2D eigenvalue weighted by Gasteiger charge is -2.08. The minimum atomic E-state index is -1.29. The average molecular weight is 392 g/mol. The molecule has 0 amide bonds. The molecule has 0 aromatic heterocycles. The molecule has 28 heavy (non-hydrogen) atoms. The fourth-order valence-electron chi connectivity index (χ4n) is 2.99. The Morgan fingerprint density at radius 2 is 1.39 bits per heavy atom. The van der Waals surface area contributed by atoms with Gasteiger partial charge in [-0.3, -0.25) is 0 Å². The first-order valence-corrected chi connectivity index (χ1v) is 10.1. The van der Waals surface area contributed by atoms with Gasteiger partial charge in [-0.15, -0.1) is 0 Å². The SMILES string of the molecule is CC(C)CCCCCCCCCCOC(=O)c1cc(C(=O)O)ccc1C(=O)O. The van der Waals surface area contributed by atoms with Crippen LogP contribution in [0.3, 0.4) is 0 Å². The second-order valence-electron chi connectivity index (χ2n) is 7.52. The van der Waals surface area contributed by atoms with E-state index in [-0.39, 0.29) is 23.3 Å². The Hall–Kier alpha value is -2.37. The Labute approximate surface area is 166 Å². The number of carboxylic acid groups (broad SMARTS) is 2. The summed E-state index contributed by atoms with van der Waals surface area (Å²) in [5.41, 5.74) is -0.633. The number of hydrogen-bond acceptors (Lipinski definition) is 4. The maximum Gasteiger partial charge on any atom is 0.339 e. The summed E-state index contributed by atoms with van der Waals surface area (Å²) >= 11 is 0. The highest BCUT2D eigenvalue weighted by Gasteiger charge is 2.20. The molecule has 0 radical (unpaired) electrons. The van der Waals surface area contributed by atoms with Gasteiger partial charge in [0, 0.05) is 0 Å². The molecule has 0 heterocycles. The largest absolute Gasteiger partial charge is 0.478 e. The zero-order valence-corrected chi connectivity index (χ0v) is 16.9. The molecule has 0 fully saturated rings. The van der Waals surface area contributed by atoms with E-state index in [1.807, 2.05) is 0 Å². The maximum absolute atomic E-state index is 12.1. The number of carboxylic acids is 2. The van der Waals surface area contributed by atoms with E-state index in [0.29, 0.717) is 6.42 Å². The van der Waals surface area contributed by atoms with Crippen LogP contribution in [0.2, 0.25) is 0 Å². The highest BCUT2D eigenvalue weighted by atomic mass is 16.5. The van der Waals surface area contributed by atoms with Crippen LogP contribution in [0.1, 0.15) is 103 Å². The summed E-state index contributed by atoms with van der Waals surface area (Å²) in [6.45, 7) is 4.69. The van der Waals surface area contributed by atoms with Crippen molar-refractivity contribution in [1.82, 2.24) is 0 Å². The Balaban J connectivity index is 2.27. The molecule has 0 aliphatic heterocycles. The van der Waals surface area contributed by atoms with Gasteiger partial charge in [-0.25, -0.2) is 14.4 Å². The molecule has 0 saturated carbocycles. The molecule has 2 N–H and O–H groups in total. The molecule has 1 aromatic rings. The van der Waals surface area contributed by atoms with E-state index in [1.165, 1.54) is 38.5 Å². The number of ether oxygens (including phenoxy) is 1. The second kappa shape index (κ2) is 12.9. The third-order valence-electron chi connectivity index (χ3n) is 4.63. The van der Waals surface area contributed by atoms with Crippen molar-refractivity contribution in [3.63, 3.8) is 0 Å². The van der Waals surface area contributed by atoms with E-state index in [0.717, 1.165) is 37.0 Å². The molecule has 1 rings (SSSR count). The predicted molar refractivity (Wildman–Crippen MR) is 107 cm³/mol. The second-order valence-corrected chi connectivity index (χ2v) is 7.52. The Morgan fingerprint density at radius 3 is 1.93 bits per heavy atom. The van der Waals surface area contributed by atoms with Crippen molar-refractivity contribution in [2.24, 2.45) is 5.92 Å². The molecule has 6 heteroatoms. The summed E-state index contributed by atoms with van der Waals surface area (Å²) in [4.78, 5) is 34.4. The van der Waals surface area contributed by atoms with Gasteiger partial charge < -0.3 is 14.9 Å². The summed E-state index contributed by atoms with van der Waals surface area (Å²) in [7, 11) is 0. The van der Waals surface area contributed by atoms with Gasteiger partial charge >= 0.3 is 17.9 Å². The van der Waals surface area contributed by atoms with E-state index in [4.69, 9.17) is 14.9 Å². The molecule has 0 unspecified atom stereocenters. The van der Waals surface area contributed by atoms with Gasteiger partial charge in [-0.05, 0) is 30.5 Å². The van der Waals surface area contributed by atoms with E-state index in [2.05, 4.69) is 13.8 Å². The third-order valence-corrected chi connectivity index (χ3v) is 4.63. The molecule has 0 aliphatic rings. The molecule has 0 bridgehead atoms. The minimum absolute atomic E-state index is 0.148. The molecular formula is C22H32O6. The molecule has 0 atom stereocenters. The van der Waals surface area contributed by atoms with Gasteiger partial charge in [0.05, 0.1) is 23.3 Å². The lowest BCUT2D eigenvalue weighted by molar-refractivity contribution is 0.0487. The van der Waals surface area contributed by atoms with E-state index in [1.54, 1.807) is 0 Å². The topological polar surface area (TPSA) is 101 Å². The maximum atomic E-state index is 12.1. The quantitative estimate of drug-likeness (QED) is 0.324. The number of rotatable bonds is 14. The number of carbonyl (C=O) groups is 3. The fourth-order valence-corrected chi connectivity index (χ4v) is 2.99. The first-order valence-electron chi connectivity index (χ1n) is 10.1. The highest BCUT2D eigenvalue weighted by Crippen LogP contribution is 2.15. The molecule has 1 aromatic carbocycles. The fraction of sp³-hybridized carbons (Fsp3) is 0.591. The zero-order valence-electron chi connectivity index (χ0n) is 16.9. The van der Waals surface area contributed by atoms with Crippen molar-refractivity contribution in [1.29, 1.82) is 0 Å². The van der Waals surface area contributed by atoms with Gasteiger partial charge in [-0.1, -0.05) is 65.2 Å². The van der Waals surface area contributed by atoms with Crippen LogP contribution in [-0.2, 0) is 4.74 Å². The van der Waals surface area contributed by atoms with Crippen molar-refractivity contribution < 1.29 is 29.3 Å². The first-order chi connectivity index (χ1) is 13.3. The number of unbranched alkanes of at least 4 members (excludes halogenated alkanes) is 7. The average Bonchev–Trinajstić information content (AvgIpc) is 2.64. The van der Waals surface area contributed by atoms with Crippen molar-refractivity contribution in [3.05, 3.63) is 34.9 Å². The highest BCUT2D eigenvalue weighted by molar-refractivity contribution is 6.04. The summed E-state index contributed by atoms with van der Waals surface area (Å²) < 4.78 is 5.14. The van der Waals surface area contributed by atoms with Gasteiger partial charge in [0.15, 0.2) is 0 Å².